The Hall–Kier alpha value is -0.620. The predicted molar refractivity (Wildman–Crippen MR) is 86.0 cm³/mol. The summed E-state index contributed by atoms with van der Waals surface area (Å²) in [6.45, 7) is 8.74. The van der Waals surface area contributed by atoms with Gasteiger partial charge in [0.05, 0.1) is 6.61 Å². The monoisotopic (exact) mass is 334 g/mol. The summed E-state index contributed by atoms with van der Waals surface area (Å²) in [5, 5.41) is 0. The van der Waals surface area contributed by atoms with Crippen LogP contribution in [0.5, 0.6) is 5.75 Å². The Morgan fingerprint density at radius 2 is 1.86 bits per heavy atom. The molecule has 4 nitrogen and oxygen atoms in total. The predicted octanol–water partition coefficient (Wildman–Crippen LogP) is 3.60. The topological polar surface area (TPSA) is 44.8 Å². The third-order valence-electron chi connectivity index (χ3n) is 2.70. The molecule has 0 spiro atoms. The van der Waals surface area contributed by atoms with Gasteiger partial charge in [0.25, 0.3) is 0 Å². The fourth-order valence-electron chi connectivity index (χ4n) is 1.55. The van der Waals surface area contributed by atoms with E-state index in [4.69, 9.17) is 24.7 Å². The van der Waals surface area contributed by atoms with Crippen LogP contribution in [0, 0.1) is 0 Å². The Bertz CT molecular complexity index is 442. The number of rotatable bonds is 8. The lowest BCUT2D eigenvalue weighted by Crippen LogP contribution is -2.20. The average Bonchev–Trinajstić information content (AvgIpc) is 2.42. The lowest BCUT2D eigenvalue weighted by atomic mass is 9.87. The molecule has 2 atom stereocenters. The standard InChI is InChI=1S/C15H23ClO4S/c1-12(20-21(17)19-10-9-16)11-18-14-7-5-13(6-8-14)15(2,3)4/h5-8,12H,9-11H2,1-4H3/t12-,21+/m1/s1. The van der Waals surface area contributed by atoms with E-state index in [2.05, 4.69) is 20.8 Å². The van der Waals surface area contributed by atoms with Crippen LogP contribution in [0.15, 0.2) is 24.3 Å². The van der Waals surface area contributed by atoms with Crippen LogP contribution in [-0.2, 0) is 25.1 Å². The Balaban J connectivity index is 2.39. The molecule has 1 aromatic rings. The van der Waals surface area contributed by atoms with Crippen molar-refractivity contribution < 1.29 is 17.3 Å². The van der Waals surface area contributed by atoms with Crippen molar-refractivity contribution in [3.8, 4) is 5.75 Å². The highest BCUT2D eigenvalue weighted by molar-refractivity contribution is 7.75. The number of hydrogen-bond acceptors (Lipinski definition) is 4. The van der Waals surface area contributed by atoms with Gasteiger partial charge < -0.3 is 4.74 Å². The van der Waals surface area contributed by atoms with Crippen molar-refractivity contribution >= 4 is 23.0 Å². The van der Waals surface area contributed by atoms with E-state index in [-0.39, 0.29) is 24.0 Å². The summed E-state index contributed by atoms with van der Waals surface area (Å²) in [5.74, 6) is 1.03. The van der Waals surface area contributed by atoms with E-state index in [1.165, 1.54) is 5.56 Å². The van der Waals surface area contributed by atoms with E-state index in [9.17, 15) is 4.21 Å². The van der Waals surface area contributed by atoms with Crippen LogP contribution in [0.2, 0.25) is 0 Å². The highest BCUT2D eigenvalue weighted by Gasteiger charge is 2.14. The summed E-state index contributed by atoms with van der Waals surface area (Å²) >= 11 is 3.64. The lowest BCUT2D eigenvalue weighted by Gasteiger charge is -2.19. The first kappa shape index (κ1) is 18.4. The molecule has 0 saturated heterocycles. The van der Waals surface area contributed by atoms with E-state index in [1.54, 1.807) is 6.92 Å². The van der Waals surface area contributed by atoms with Gasteiger partial charge in [0, 0.05) is 5.88 Å². The van der Waals surface area contributed by atoms with Gasteiger partial charge in [0.15, 0.2) is 0 Å². The van der Waals surface area contributed by atoms with Crippen LogP contribution in [0.1, 0.15) is 33.3 Å². The Kier molecular flexibility index (Phi) is 7.66. The van der Waals surface area contributed by atoms with Crippen LogP contribution < -0.4 is 4.74 Å². The zero-order chi connectivity index (χ0) is 15.9. The fraction of sp³-hybridized carbons (Fsp3) is 0.600. The lowest BCUT2D eigenvalue weighted by molar-refractivity contribution is 0.137. The Labute approximate surface area is 134 Å². The molecule has 0 aliphatic heterocycles. The van der Waals surface area contributed by atoms with Crippen LogP contribution >= 0.6 is 11.6 Å². The van der Waals surface area contributed by atoms with E-state index < -0.39 is 11.4 Å². The van der Waals surface area contributed by atoms with Gasteiger partial charge in [-0.3, -0.25) is 8.37 Å². The zero-order valence-corrected chi connectivity index (χ0v) is 14.5. The molecule has 1 aromatic carbocycles. The minimum atomic E-state index is -1.79. The van der Waals surface area contributed by atoms with Crippen LogP contribution in [-0.4, -0.2) is 29.4 Å². The van der Waals surface area contributed by atoms with E-state index in [1.807, 2.05) is 24.3 Å². The molecule has 0 aliphatic carbocycles. The summed E-state index contributed by atoms with van der Waals surface area (Å²) in [5.41, 5.74) is 1.36. The van der Waals surface area contributed by atoms with Gasteiger partial charge in [-0.1, -0.05) is 32.9 Å². The molecule has 0 aromatic heterocycles. The summed E-state index contributed by atoms with van der Waals surface area (Å²) in [6.07, 6.45) is -0.344. The van der Waals surface area contributed by atoms with Gasteiger partial charge in [-0.2, -0.15) is 4.21 Å². The van der Waals surface area contributed by atoms with Gasteiger partial charge in [-0.25, -0.2) is 0 Å². The van der Waals surface area contributed by atoms with Gasteiger partial charge in [-0.05, 0) is 30.0 Å². The molecule has 0 N–H and O–H groups in total. The van der Waals surface area contributed by atoms with Gasteiger partial charge in [0.2, 0.25) is 0 Å². The summed E-state index contributed by atoms with van der Waals surface area (Å²) in [6, 6.07) is 7.94. The van der Waals surface area contributed by atoms with Crippen molar-refractivity contribution in [3.63, 3.8) is 0 Å². The van der Waals surface area contributed by atoms with Crippen molar-refractivity contribution in [1.82, 2.24) is 0 Å². The Morgan fingerprint density at radius 3 is 2.38 bits per heavy atom. The van der Waals surface area contributed by atoms with Crippen molar-refractivity contribution in [2.24, 2.45) is 0 Å². The van der Waals surface area contributed by atoms with Crippen molar-refractivity contribution in [3.05, 3.63) is 29.8 Å². The summed E-state index contributed by atoms with van der Waals surface area (Å²) in [4.78, 5) is 0. The SMILES string of the molecule is C[C@H](COc1ccc(C(C)(C)C)cc1)O[S@@](=O)OCCCl. The molecule has 0 saturated carbocycles. The van der Waals surface area contributed by atoms with Crippen LogP contribution in [0.25, 0.3) is 0 Å². The maximum Gasteiger partial charge on any atom is 0.305 e. The quantitative estimate of drug-likeness (QED) is 0.681. The number of ether oxygens (including phenoxy) is 1. The van der Waals surface area contributed by atoms with Crippen molar-refractivity contribution in [2.45, 2.75) is 39.2 Å². The highest BCUT2D eigenvalue weighted by atomic mass is 35.5. The Morgan fingerprint density at radius 1 is 1.24 bits per heavy atom. The average molecular weight is 335 g/mol. The van der Waals surface area contributed by atoms with Crippen molar-refractivity contribution in [1.29, 1.82) is 0 Å². The minimum absolute atomic E-state index is 0.117. The molecule has 0 bridgehead atoms. The maximum absolute atomic E-state index is 11.3. The molecular formula is C15H23ClO4S. The van der Waals surface area contributed by atoms with E-state index >= 15 is 0 Å². The molecule has 120 valence electrons. The fourth-order valence-corrected chi connectivity index (χ4v) is 2.32. The molecule has 0 amide bonds. The maximum atomic E-state index is 11.3. The molecule has 0 radical (unpaired) electrons. The first-order chi connectivity index (χ1) is 9.82. The molecule has 0 fully saturated rings. The summed E-state index contributed by atoms with van der Waals surface area (Å²) in [7, 11) is 0. The number of hydrogen-bond donors (Lipinski definition) is 0. The molecule has 0 aliphatic rings. The second-order valence-corrected chi connectivity index (χ2v) is 6.92. The molecular weight excluding hydrogens is 312 g/mol. The third kappa shape index (κ3) is 7.27. The molecule has 0 heterocycles. The van der Waals surface area contributed by atoms with E-state index in [0.717, 1.165) is 5.75 Å². The van der Waals surface area contributed by atoms with Crippen molar-refractivity contribution in [2.75, 3.05) is 19.1 Å². The second-order valence-electron chi connectivity index (χ2n) is 5.71. The van der Waals surface area contributed by atoms with E-state index in [0.29, 0.717) is 6.61 Å². The summed E-state index contributed by atoms with van der Waals surface area (Å²) < 4.78 is 26.9. The third-order valence-corrected chi connectivity index (χ3v) is 3.70. The molecule has 21 heavy (non-hydrogen) atoms. The second kappa shape index (κ2) is 8.73. The smallest absolute Gasteiger partial charge is 0.305 e. The normalized spacial score (nSPS) is 14.7. The molecule has 1 rings (SSSR count). The van der Waals surface area contributed by atoms with Crippen LogP contribution in [0.3, 0.4) is 0 Å². The number of halogens is 1. The number of alkyl halides is 1. The van der Waals surface area contributed by atoms with Gasteiger partial charge >= 0.3 is 11.4 Å². The van der Waals surface area contributed by atoms with Crippen LogP contribution in [0.4, 0.5) is 0 Å². The molecule has 6 heteroatoms. The first-order valence-corrected chi connectivity index (χ1v) is 8.38. The zero-order valence-electron chi connectivity index (χ0n) is 12.9. The molecule has 0 unspecified atom stereocenters. The number of benzene rings is 1. The largest absolute Gasteiger partial charge is 0.491 e. The van der Waals surface area contributed by atoms with Gasteiger partial charge in [0.1, 0.15) is 18.5 Å². The van der Waals surface area contributed by atoms with Gasteiger partial charge in [-0.15, -0.1) is 11.6 Å². The highest BCUT2D eigenvalue weighted by Crippen LogP contribution is 2.24. The minimum Gasteiger partial charge on any atom is -0.491 e. The first-order valence-electron chi connectivity index (χ1n) is 6.84.